The van der Waals surface area contributed by atoms with Crippen LogP contribution in [0.15, 0.2) is 17.5 Å². The Morgan fingerprint density at radius 3 is 2.47 bits per heavy atom. The molecule has 0 N–H and O–H groups in total. The summed E-state index contributed by atoms with van der Waals surface area (Å²) in [5.41, 5.74) is 0. The maximum Gasteiger partial charge on any atom is 0.450 e. The van der Waals surface area contributed by atoms with E-state index in [0.29, 0.717) is 4.88 Å². The topological polar surface area (TPSA) is 34.1 Å². The number of carbonyl (C=O) groups excluding carboxylic acids is 2. The molecular weight excluding hydrogens is 229 g/mol. The molecular formula is C9H7F3O2S. The normalized spacial score (nSPS) is 11.4. The molecule has 0 unspecified atom stereocenters. The highest BCUT2D eigenvalue weighted by molar-refractivity contribution is 7.10. The van der Waals surface area contributed by atoms with Crippen molar-refractivity contribution in [2.75, 3.05) is 0 Å². The van der Waals surface area contributed by atoms with Gasteiger partial charge in [0.1, 0.15) is 5.78 Å². The van der Waals surface area contributed by atoms with Crippen LogP contribution in [0.1, 0.15) is 11.3 Å². The molecule has 0 saturated heterocycles. The standard InChI is InChI=1S/C9H7F3O2S/c10-9(11,12)8(14)5-6(13)4-7-2-1-3-15-7/h1-3H,4-5H2. The Kier molecular flexibility index (Phi) is 3.62. The van der Waals surface area contributed by atoms with E-state index in [-0.39, 0.29) is 6.42 Å². The van der Waals surface area contributed by atoms with E-state index in [0.717, 1.165) is 0 Å². The van der Waals surface area contributed by atoms with Gasteiger partial charge in [-0.15, -0.1) is 11.3 Å². The summed E-state index contributed by atoms with van der Waals surface area (Å²) in [5, 5.41) is 1.72. The Morgan fingerprint density at radius 2 is 2.00 bits per heavy atom. The molecule has 0 bridgehead atoms. The van der Waals surface area contributed by atoms with Crippen LogP contribution in [0.2, 0.25) is 0 Å². The monoisotopic (exact) mass is 236 g/mol. The zero-order valence-corrected chi connectivity index (χ0v) is 8.32. The fourth-order valence-corrected chi connectivity index (χ4v) is 1.68. The Bertz CT molecular complexity index is 354. The third kappa shape index (κ3) is 3.83. The van der Waals surface area contributed by atoms with Gasteiger partial charge in [0.05, 0.1) is 6.42 Å². The Balaban J connectivity index is 2.47. The first-order valence-electron chi connectivity index (χ1n) is 4.03. The Morgan fingerprint density at radius 1 is 1.33 bits per heavy atom. The minimum atomic E-state index is -4.91. The second kappa shape index (κ2) is 4.57. The summed E-state index contributed by atoms with van der Waals surface area (Å²) in [6.45, 7) is 0. The van der Waals surface area contributed by atoms with E-state index in [1.165, 1.54) is 11.3 Å². The fraction of sp³-hybridized carbons (Fsp3) is 0.333. The smallest absolute Gasteiger partial charge is 0.299 e. The number of alkyl halides is 3. The highest BCUT2D eigenvalue weighted by Gasteiger charge is 2.38. The third-order valence-corrected chi connectivity index (χ3v) is 2.50. The summed E-state index contributed by atoms with van der Waals surface area (Å²) in [7, 11) is 0. The fourth-order valence-electron chi connectivity index (χ4n) is 0.949. The molecule has 0 spiro atoms. The van der Waals surface area contributed by atoms with Gasteiger partial charge in [0, 0.05) is 11.3 Å². The lowest BCUT2D eigenvalue weighted by molar-refractivity contribution is -0.171. The van der Waals surface area contributed by atoms with Gasteiger partial charge in [-0.1, -0.05) is 6.07 Å². The molecule has 0 radical (unpaired) electrons. The summed E-state index contributed by atoms with van der Waals surface area (Å²) in [5.74, 6) is -2.69. The number of thiophene rings is 1. The van der Waals surface area contributed by atoms with E-state index in [1.54, 1.807) is 17.5 Å². The summed E-state index contributed by atoms with van der Waals surface area (Å²) in [6, 6.07) is 3.33. The quantitative estimate of drug-likeness (QED) is 0.752. The summed E-state index contributed by atoms with van der Waals surface area (Å²) >= 11 is 1.27. The molecule has 0 aliphatic carbocycles. The molecule has 0 amide bonds. The van der Waals surface area contributed by atoms with Gasteiger partial charge in [-0.2, -0.15) is 13.2 Å². The SMILES string of the molecule is O=C(CC(=O)C(F)(F)F)Cc1cccs1. The molecule has 0 saturated carbocycles. The predicted octanol–water partition coefficient (Wildman–Crippen LogP) is 2.38. The molecule has 1 aromatic heterocycles. The van der Waals surface area contributed by atoms with E-state index in [1.807, 2.05) is 0 Å². The van der Waals surface area contributed by atoms with E-state index < -0.39 is 24.2 Å². The highest BCUT2D eigenvalue weighted by Crippen LogP contribution is 2.19. The molecule has 15 heavy (non-hydrogen) atoms. The largest absolute Gasteiger partial charge is 0.450 e. The van der Waals surface area contributed by atoms with Crippen molar-refractivity contribution < 1.29 is 22.8 Å². The minimum Gasteiger partial charge on any atom is -0.299 e. The summed E-state index contributed by atoms with van der Waals surface area (Å²) in [4.78, 5) is 22.2. The van der Waals surface area contributed by atoms with E-state index in [2.05, 4.69) is 0 Å². The minimum absolute atomic E-state index is 0.112. The van der Waals surface area contributed by atoms with Gasteiger partial charge in [-0.3, -0.25) is 9.59 Å². The first-order valence-corrected chi connectivity index (χ1v) is 4.91. The van der Waals surface area contributed by atoms with Crippen LogP contribution < -0.4 is 0 Å². The van der Waals surface area contributed by atoms with Crippen molar-refractivity contribution >= 4 is 22.9 Å². The lowest BCUT2D eigenvalue weighted by Gasteiger charge is -2.03. The molecule has 1 heterocycles. The third-order valence-electron chi connectivity index (χ3n) is 1.63. The van der Waals surface area contributed by atoms with Crippen LogP contribution in [0.3, 0.4) is 0 Å². The van der Waals surface area contributed by atoms with Crippen molar-refractivity contribution in [1.29, 1.82) is 0 Å². The highest BCUT2D eigenvalue weighted by atomic mass is 32.1. The van der Waals surface area contributed by atoms with Gasteiger partial charge in [-0.05, 0) is 11.4 Å². The summed E-state index contributed by atoms with van der Waals surface area (Å²) in [6.07, 6.45) is -6.09. The molecule has 0 aliphatic rings. The Hall–Kier alpha value is -1.17. The lowest BCUT2D eigenvalue weighted by Crippen LogP contribution is -2.25. The molecule has 0 atom stereocenters. The van der Waals surface area contributed by atoms with Crippen molar-refractivity contribution in [2.45, 2.75) is 19.0 Å². The van der Waals surface area contributed by atoms with Gasteiger partial charge in [0.25, 0.3) is 0 Å². The first kappa shape index (κ1) is 11.9. The summed E-state index contributed by atoms with van der Waals surface area (Å²) < 4.78 is 35.4. The van der Waals surface area contributed by atoms with E-state index in [4.69, 9.17) is 0 Å². The van der Waals surface area contributed by atoms with Crippen molar-refractivity contribution in [3.63, 3.8) is 0 Å². The zero-order chi connectivity index (χ0) is 11.5. The number of carbonyl (C=O) groups is 2. The van der Waals surface area contributed by atoms with Gasteiger partial charge < -0.3 is 0 Å². The van der Waals surface area contributed by atoms with Crippen LogP contribution in [-0.2, 0) is 16.0 Å². The first-order chi connectivity index (χ1) is 6.89. The molecule has 6 heteroatoms. The number of halogens is 3. The maximum atomic E-state index is 11.8. The average Bonchev–Trinajstić information content (AvgIpc) is 2.54. The second-order valence-electron chi connectivity index (χ2n) is 2.89. The second-order valence-corrected chi connectivity index (χ2v) is 3.92. The average molecular weight is 236 g/mol. The number of Topliss-reactive ketones (excluding diaryl/α,β-unsaturated/α-hetero) is 2. The van der Waals surface area contributed by atoms with Gasteiger partial charge >= 0.3 is 6.18 Å². The molecule has 2 nitrogen and oxygen atoms in total. The van der Waals surface area contributed by atoms with Crippen LogP contribution in [-0.4, -0.2) is 17.7 Å². The van der Waals surface area contributed by atoms with Gasteiger partial charge in [0.15, 0.2) is 0 Å². The van der Waals surface area contributed by atoms with E-state index >= 15 is 0 Å². The Labute approximate surface area is 87.7 Å². The van der Waals surface area contributed by atoms with Gasteiger partial charge in [0.2, 0.25) is 5.78 Å². The molecule has 0 fully saturated rings. The van der Waals surface area contributed by atoms with Crippen LogP contribution in [0.5, 0.6) is 0 Å². The lowest BCUT2D eigenvalue weighted by atomic mass is 10.1. The molecule has 0 aliphatic heterocycles. The number of ketones is 2. The molecule has 1 aromatic rings. The van der Waals surface area contributed by atoms with Crippen LogP contribution in [0, 0.1) is 0 Å². The maximum absolute atomic E-state index is 11.8. The van der Waals surface area contributed by atoms with Crippen molar-refractivity contribution in [3.8, 4) is 0 Å². The molecule has 0 aromatic carbocycles. The number of rotatable bonds is 4. The van der Waals surface area contributed by atoms with Crippen LogP contribution in [0.4, 0.5) is 13.2 Å². The van der Waals surface area contributed by atoms with Crippen molar-refractivity contribution in [3.05, 3.63) is 22.4 Å². The van der Waals surface area contributed by atoms with Crippen molar-refractivity contribution in [2.24, 2.45) is 0 Å². The van der Waals surface area contributed by atoms with Crippen molar-refractivity contribution in [1.82, 2.24) is 0 Å². The van der Waals surface area contributed by atoms with E-state index in [9.17, 15) is 22.8 Å². The van der Waals surface area contributed by atoms with Crippen LogP contribution >= 0.6 is 11.3 Å². The number of hydrogen-bond donors (Lipinski definition) is 0. The zero-order valence-electron chi connectivity index (χ0n) is 7.50. The molecule has 82 valence electrons. The van der Waals surface area contributed by atoms with Gasteiger partial charge in [-0.25, -0.2) is 0 Å². The molecule has 1 rings (SSSR count). The predicted molar refractivity (Wildman–Crippen MR) is 48.7 cm³/mol. The van der Waals surface area contributed by atoms with Crippen LogP contribution in [0.25, 0.3) is 0 Å². The number of hydrogen-bond acceptors (Lipinski definition) is 3.